The summed E-state index contributed by atoms with van der Waals surface area (Å²) in [4.78, 5) is 17.3. The average molecular weight is 477 g/mol. The molecule has 5 aromatic rings. The highest BCUT2D eigenvalue weighted by Gasteiger charge is 2.18. The first-order chi connectivity index (χ1) is 16.0. The third-order valence-corrected chi connectivity index (χ3v) is 6.26. The number of rotatable bonds is 6. The van der Waals surface area contributed by atoms with E-state index in [4.69, 9.17) is 33.3 Å². The summed E-state index contributed by atoms with van der Waals surface area (Å²) in [6, 6.07) is 14.0. The average Bonchev–Trinajstić information content (AvgIpc) is 3.47. The van der Waals surface area contributed by atoms with E-state index in [1.807, 2.05) is 53.3 Å². The van der Waals surface area contributed by atoms with Crippen molar-refractivity contribution in [2.75, 3.05) is 0 Å². The molecule has 8 heteroatoms. The molecule has 0 saturated heterocycles. The summed E-state index contributed by atoms with van der Waals surface area (Å²) in [7, 11) is 0. The maximum Gasteiger partial charge on any atom is 0.111 e. The second kappa shape index (κ2) is 8.96. The van der Waals surface area contributed by atoms with Gasteiger partial charge in [-0.15, -0.1) is 0 Å². The Morgan fingerprint density at radius 1 is 0.909 bits per heavy atom. The van der Waals surface area contributed by atoms with Gasteiger partial charge >= 0.3 is 0 Å². The highest BCUT2D eigenvalue weighted by Crippen LogP contribution is 2.31. The van der Waals surface area contributed by atoms with Gasteiger partial charge in [-0.1, -0.05) is 35.3 Å². The highest BCUT2D eigenvalue weighted by atomic mass is 35.5. The molecular weight excluding hydrogens is 455 g/mol. The largest absolute Gasteiger partial charge is 0.340 e. The van der Waals surface area contributed by atoms with Crippen molar-refractivity contribution >= 4 is 34.2 Å². The van der Waals surface area contributed by atoms with Crippen LogP contribution in [0.4, 0.5) is 0 Å². The van der Waals surface area contributed by atoms with Crippen LogP contribution in [0, 0.1) is 0 Å². The molecule has 166 valence electrons. The molecule has 0 atom stereocenters. The molecule has 0 radical (unpaired) electrons. The van der Waals surface area contributed by atoms with Crippen LogP contribution in [0.25, 0.3) is 33.7 Å². The third kappa shape index (κ3) is 4.49. The molecule has 0 aliphatic rings. The zero-order chi connectivity index (χ0) is 22.9. The summed E-state index contributed by atoms with van der Waals surface area (Å²) in [6.45, 7) is 4.21. The van der Waals surface area contributed by atoms with Gasteiger partial charge in [0.2, 0.25) is 0 Å². The lowest BCUT2D eigenvalue weighted by atomic mass is 10.1. The number of fused-ring (bicyclic) bond motifs is 1. The Morgan fingerprint density at radius 3 is 2.48 bits per heavy atom. The van der Waals surface area contributed by atoms with Crippen molar-refractivity contribution in [2.45, 2.75) is 32.7 Å². The lowest BCUT2D eigenvalue weighted by Gasteiger charge is -2.04. The molecular formula is C25H22Cl2N6. The van der Waals surface area contributed by atoms with Crippen LogP contribution >= 0.6 is 23.2 Å². The molecule has 3 heterocycles. The fourth-order valence-corrected chi connectivity index (χ4v) is 4.08. The second-order valence-corrected chi connectivity index (χ2v) is 9.00. The fraction of sp³-hybridized carbons (Fsp3) is 0.200. The van der Waals surface area contributed by atoms with E-state index in [2.05, 4.69) is 28.8 Å². The maximum atomic E-state index is 6.18. The van der Waals surface area contributed by atoms with Crippen LogP contribution < -0.4 is 0 Å². The van der Waals surface area contributed by atoms with Crippen molar-refractivity contribution in [3.63, 3.8) is 0 Å². The molecule has 33 heavy (non-hydrogen) atoms. The Hall–Kier alpha value is -3.22. The summed E-state index contributed by atoms with van der Waals surface area (Å²) in [6.07, 6.45) is 6.90. The van der Waals surface area contributed by atoms with Gasteiger partial charge in [0.1, 0.15) is 11.5 Å². The van der Waals surface area contributed by atoms with Gasteiger partial charge in [0.05, 0.1) is 32.5 Å². The van der Waals surface area contributed by atoms with E-state index in [-0.39, 0.29) is 6.04 Å². The topological polar surface area (TPSA) is 72.3 Å². The number of benzene rings is 2. The van der Waals surface area contributed by atoms with Gasteiger partial charge in [0, 0.05) is 36.6 Å². The van der Waals surface area contributed by atoms with Crippen LogP contribution in [-0.4, -0.2) is 29.7 Å². The molecule has 0 saturated carbocycles. The van der Waals surface area contributed by atoms with E-state index in [0.717, 1.165) is 57.9 Å². The van der Waals surface area contributed by atoms with E-state index in [1.54, 1.807) is 12.4 Å². The number of H-pyrrole nitrogens is 1. The number of halogens is 2. The van der Waals surface area contributed by atoms with Crippen LogP contribution in [-0.2, 0) is 12.8 Å². The predicted octanol–water partition coefficient (Wildman–Crippen LogP) is 6.56. The Bertz CT molecular complexity index is 1440. The van der Waals surface area contributed by atoms with E-state index in [0.29, 0.717) is 10.0 Å². The van der Waals surface area contributed by atoms with E-state index < -0.39 is 0 Å². The van der Waals surface area contributed by atoms with Gasteiger partial charge in [0.15, 0.2) is 0 Å². The first-order valence-corrected chi connectivity index (χ1v) is 11.5. The number of aromatic amines is 1. The number of nitrogens with zero attached hydrogens (tertiary/aromatic N) is 5. The Labute approximate surface area is 201 Å². The van der Waals surface area contributed by atoms with Crippen LogP contribution in [0.1, 0.15) is 31.3 Å². The molecule has 0 fully saturated rings. The lowest BCUT2D eigenvalue weighted by Crippen LogP contribution is -2.01. The molecule has 5 rings (SSSR count). The van der Waals surface area contributed by atoms with Crippen molar-refractivity contribution in [2.24, 2.45) is 0 Å². The minimum atomic E-state index is 0.273. The van der Waals surface area contributed by atoms with Crippen LogP contribution in [0.3, 0.4) is 0 Å². The lowest BCUT2D eigenvalue weighted by molar-refractivity contribution is 0.534. The van der Waals surface area contributed by atoms with Gasteiger partial charge < -0.3 is 4.98 Å². The number of hydrogen-bond donors (Lipinski definition) is 1. The summed E-state index contributed by atoms with van der Waals surface area (Å²) in [5, 5.41) is 5.89. The quantitative estimate of drug-likeness (QED) is 0.301. The normalized spacial score (nSPS) is 11.5. The number of aryl methyl sites for hydroxylation is 2. The van der Waals surface area contributed by atoms with Crippen molar-refractivity contribution in [1.29, 1.82) is 0 Å². The second-order valence-electron chi connectivity index (χ2n) is 8.19. The molecule has 0 aliphatic heterocycles. The van der Waals surface area contributed by atoms with E-state index in [9.17, 15) is 0 Å². The van der Waals surface area contributed by atoms with Crippen molar-refractivity contribution in [1.82, 2.24) is 29.7 Å². The minimum absolute atomic E-state index is 0.273. The molecule has 2 aromatic carbocycles. The molecule has 0 unspecified atom stereocenters. The van der Waals surface area contributed by atoms with Crippen molar-refractivity contribution in [3.05, 3.63) is 82.5 Å². The maximum absolute atomic E-state index is 6.18. The Balaban J connectivity index is 1.53. The van der Waals surface area contributed by atoms with Gasteiger partial charge in [0.25, 0.3) is 0 Å². The SMILES string of the molecule is CC(C)n1ccc(-c2[nH]c(CCc3ccc(Cl)c(Cl)c3)nc2-c2ccc3nccnc3c2)n1. The Morgan fingerprint density at radius 2 is 1.73 bits per heavy atom. The molecule has 0 bridgehead atoms. The van der Waals surface area contributed by atoms with Gasteiger partial charge in [-0.2, -0.15) is 5.10 Å². The zero-order valence-electron chi connectivity index (χ0n) is 18.3. The van der Waals surface area contributed by atoms with Crippen molar-refractivity contribution in [3.8, 4) is 22.6 Å². The number of aromatic nitrogens is 6. The van der Waals surface area contributed by atoms with Crippen LogP contribution in [0.15, 0.2) is 61.1 Å². The monoisotopic (exact) mass is 476 g/mol. The molecule has 3 aromatic heterocycles. The molecule has 0 amide bonds. The Kier molecular flexibility index (Phi) is 5.87. The summed E-state index contributed by atoms with van der Waals surface area (Å²) in [5.41, 5.74) is 6.34. The highest BCUT2D eigenvalue weighted by molar-refractivity contribution is 6.42. The standard InChI is InChI=1S/C25H22Cl2N6/c1-15(2)33-12-9-21(32-33)25-24(17-5-7-20-22(14-17)29-11-10-28-20)30-23(31-25)8-4-16-3-6-18(26)19(27)13-16/h3,5-7,9-15H,4,8H2,1-2H3,(H,30,31). The van der Waals surface area contributed by atoms with Crippen LogP contribution in [0.5, 0.6) is 0 Å². The molecule has 6 nitrogen and oxygen atoms in total. The smallest absolute Gasteiger partial charge is 0.111 e. The first kappa shape index (κ1) is 21.6. The number of imidazole rings is 1. The van der Waals surface area contributed by atoms with Crippen LogP contribution in [0.2, 0.25) is 10.0 Å². The molecule has 1 N–H and O–H groups in total. The van der Waals surface area contributed by atoms with E-state index in [1.165, 1.54) is 0 Å². The van der Waals surface area contributed by atoms with E-state index >= 15 is 0 Å². The summed E-state index contributed by atoms with van der Waals surface area (Å²) < 4.78 is 1.95. The molecule has 0 aliphatic carbocycles. The summed E-state index contributed by atoms with van der Waals surface area (Å²) >= 11 is 12.2. The minimum Gasteiger partial charge on any atom is -0.340 e. The molecule has 0 spiro atoms. The van der Waals surface area contributed by atoms with Gasteiger partial charge in [-0.3, -0.25) is 14.6 Å². The zero-order valence-corrected chi connectivity index (χ0v) is 19.8. The number of nitrogens with one attached hydrogen (secondary N) is 1. The van der Waals surface area contributed by atoms with Gasteiger partial charge in [-0.05, 0) is 56.2 Å². The number of hydrogen-bond acceptors (Lipinski definition) is 4. The fourth-order valence-electron chi connectivity index (χ4n) is 3.76. The predicted molar refractivity (Wildman–Crippen MR) is 133 cm³/mol. The first-order valence-electron chi connectivity index (χ1n) is 10.8. The van der Waals surface area contributed by atoms with Gasteiger partial charge in [-0.25, -0.2) is 4.98 Å². The van der Waals surface area contributed by atoms with Crippen molar-refractivity contribution < 1.29 is 0 Å². The summed E-state index contributed by atoms with van der Waals surface area (Å²) in [5.74, 6) is 0.879. The third-order valence-electron chi connectivity index (χ3n) is 5.52.